The first-order valence-corrected chi connectivity index (χ1v) is 8.99. The Morgan fingerprint density at radius 3 is 2.64 bits per heavy atom. The van der Waals surface area contributed by atoms with Crippen LogP contribution in [-0.2, 0) is 13.0 Å². The highest BCUT2D eigenvalue weighted by molar-refractivity contribution is 5.94. The van der Waals surface area contributed by atoms with E-state index in [1.807, 2.05) is 30.3 Å². The molecule has 25 heavy (non-hydrogen) atoms. The van der Waals surface area contributed by atoms with E-state index in [9.17, 15) is 9.90 Å². The molecule has 0 bridgehead atoms. The molecule has 5 nitrogen and oxygen atoms in total. The Balaban J connectivity index is 2.02. The highest BCUT2D eigenvalue weighted by atomic mass is 16.3. The molecule has 2 aromatic rings. The zero-order chi connectivity index (χ0) is 18.0. The molecule has 0 fully saturated rings. The first-order valence-electron chi connectivity index (χ1n) is 8.99. The molecule has 1 aromatic carbocycles. The van der Waals surface area contributed by atoms with Crippen LogP contribution in [0.1, 0.15) is 49.3 Å². The maximum absolute atomic E-state index is 13.0. The average molecular weight is 341 g/mol. The third kappa shape index (κ3) is 3.93. The number of aliphatic hydroxyl groups is 1. The number of rotatable bonds is 4. The molecule has 0 unspecified atom stereocenters. The van der Waals surface area contributed by atoms with E-state index in [2.05, 4.69) is 4.57 Å². The Labute approximate surface area is 149 Å². The van der Waals surface area contributed by atoms with Crippen molar-refractivity contribution in [3.05, 3.63) is 41.7 Å². The summed E-state index contributed by atoms with van der Waals surface area (Å²) >= 11 is 0. The van der Waals surface area contributed by atoms with Gasteiger partial charge in [0.05, 0.1) is 11.3 Å². The minimum Gasteiger partial charge on any atom is -0.389 e. The molecule has 5 heteroatoms. The second-order valence-corrected chi connectivity index (χ2v) is 7.53. The quantitative estimate of drug-likeness (QED) is 0.929. The Bertz CT molecular complexity index is 744. The molecule has 1 aromatic heterocycles. The first-order chi connectivity index (χ1) is 11.9. The van der Waals surface area contributed by atoms with Crippen molar-refractivity contribution in [2.75, 3.05) is 13.6 Å². The summed E-state index contributed by atoms with van der Waals surface area (Å²) in [5.74, 6) is 0.757. The predicted octanol–water partition coefficient (Wildman–Crippen LogP) is 3.12. The lowest BCUT2D eigenvalue weighted by Gasteiger charge is -2.25. The van der Waals surface area contributed by atoms with Gasteiger partial charge in [0.2, 0.25) is 0 Å². The summed E-state index contributed by atoms with van der Waals surface area (Å²) in [5.41, 5.74) is 1.68. The lowest BCUT2D eigenvalue weighted by atomic mass is 10.1. The van der Waals surface area contributed by atoms with Crippen molar-refractivity contribution in [3.8, 4) is 11.4 Å². The smallest absolute Gasteiger partial charge is 0.274 e. The highest BCUT2D eigenvalue weighted by Crippen LogP contribution is 2.27. The summed E-state index contributed by atoms with van der Waals surface area (Å²) in [7, 11) is 1.73. The normalized spacial score (nSPS) is 14.7. The fraction of sp³-hybridized carbons (Fsp3) is 0.500. The fourth-order valence-electron chi connectivity index (χ4n) is 3.53. The van der Waals surface area contributed by atoms with Crippen LogP contribution < -0.4 is 0 Å². The van der Waals surface area contributed by atoms with Gasteiger partial charge in [-0.15, -0.1) is 0 Å². The molecular formula is C20H27N3O2. The Morgan fingerprint density at radius 2 is 1.96 bits per heavy atom. The van der Waals surface area contributed by atoms with Gasteiger partial charge in [0.25, 0.3) is 5.91 Å². The summed E-state index contributed by atoms with van der Waals surface area (Å²) in [6, 6.07) is 10.1. The third-order valence-corrected chi connectivity index (χ3v) is 4.57. The van der Waals surface area contributed by atoms with Gasteiger partial charge in [0.15, 0.2) is 0 Å². The van der Waals surface area contributed by atoms with Gasteiger partial charge < -0.3 is 14.6 Å². The molecule has 1 amide bonds. The van der Waals surface area contributed by atoms with Crippen molar-refractivity contribution in [2.45, 2.75) is 51.7 Å². The van der Waals surface area contributed by atoms with Gasteiger partial charge in [-0.3, -0.25) is 4.79 Å². The van der Waals surface area contributed by atoms with E-state index in [1.165, 1.54) is 6.42 Å². The number of amides is 1. The van der Waals surface area contributed by atoms with Crippen molar-refractivity contribution in [2.24, 2.45) is 0 Å². The van der Waals surface area contributed by atoms with Crippen molar-refractivity contribution in [3.63, 3.8) is 0 Å². The zero-order valence-electron chi connectivity index (χ0n) is 15.3. The SMILES string of the molecule is CN(CC(C)(C)O)C(=O)c1nc(-c2ccccc2)n2c1CCCCC2. The molecule has 0 aliphatic carbocycles. The molecule has 0 saturated carbocycles. The minimum atomic E-state index is -0.927. The molecule has 2 heterocycles. The molecule has 0 atom stereocenters. The molecule has 0 spiro atoms. The summed E-state index contributed by atoms with van der Waals surface area (Å²) < 4.78 is 2.22. The van der Waals surface area contributed by atoms with Gasteiger partial charge in [-0.25, -0.2) is 4.98 Å². The number of fused-ring (bicyclic) bond motifs is 1. The zero-order valence-corrected chi connectivity index (χ0v) is 15.3. The van der Waals surface area contributed by atoms with Crippen LogP contribution in [0.3, 0.4) is 0 Å². The average Bonchev–Trinajstić information content (AvgIpc) is 2.75. The topological polar surface area (TPSA) is 58.4 Å². The van der Waals surface area contributed by atoms with Crippen LogP contribution in [0.4, 0.5) is 0 Å². The minimum absolute atomic E-state index is 0.116. The van der Waals surface area contributed by atoms with Crippen LogP contribution in [0.2, 0.25) is 0 Å². The van der Waals surface area contributed by atoms with Crippen LogP contribution in [0.15, 0.2) is 30.3 Å². The van der Waals surface area contributed by atoms with Crippen LogP contribution in [0, 0.1) is 0 Å². The Hall–Kier alpha value is -2.14. The van der Waals surface area contributed by atoms with Crippen LogP contribution in [0.25, 0.3) is 11.4 Å². The monoisotopic (exact) mass is 341 g/mol. The van der Waals surface area contributed by atoms with Crippen LogP contribution in [0.5, 0.6) is 0 Å². The van der Waals surface area contributed by atoms with E-state index in [0.717, 1.165) is 42.9 Å². The number of imidazole rings is 1. The number of benzene rings is 1. The van der Waals surface area contributed by atoms with E-state index >= 15 is 0 Å². The molecule has 0 radical (unpaired) electrons. The van der Waals surface area contributed by atoms with Crippen LogP contribution >= 0.6 is 0 Å². The predicted molar refractivity (Wildman–Crippen MR) is 98.5 cm³/mol. The third-order valence-electron chi connectivity index (χ3n) is 4.57. The van der Waals surface area contributed by atoms with E-state index in [-0.39, 0.29) is 12.5 Å². The summed E-state index contributed by atoms with van der Waals surface area (Å²) in [6.07, 6.45) is 4.23. The highest BCUT2D eigenvalue weighted by Gasteiger charge is 2.28. The lowest BCUT2D eigenvalue weighted by molar-refractivity contribution is 0.0364. The van der Waals surface area contributed by atoms with Gasteiger partial charge in [-0.2, -0.15) is 0 Å². The summed E-state index contributed by atoms with van der Waals surface area (Å²) in [5, 5.41) is 10.0. The van der Waals surface area contributed by atoms with E-state index in [1.54, 1.807) is 25.8 Å². The molecule has 1 aliphatic heterocycles. The molecular weight excluding hydrogens is 314 g/mol. The van der Waals surface area contributed by atoms with Crippen LogP contribution in [-0.4, -0.2) is 44.7 Å². The molecule has 3 rings (SSSR count). The second-order valence-electron chi connectivity index (χ2n) is 7.53. The Kier molecular flexibility index (Phi) is 4.95. The number of aromatic nitrogens is 2. The number of carbonyl (C=O) groups is 1. The lowest BCUT2D eigenvalue weighted by Crippen LogP contribution is -2.40. The van der Waals surface area contributed by atoms with E-state index in [0.29, 0.717) is 5.69 Å². The van der Waals surface area contributed by atoms with Crippen molar-refractivity contribution in [1.29, 1.82) is 0 Å². The Morgan fingerprint density at radius 1 is 1.24 bits per heavy atom. The maximum atomic E-state index is 13.0. The maximum Gasteiger partial charge on any atom is 0.274 e. The number of hydrogen-bond acceptors (Lipinski definition) is 3. The van der Waals surface area contributed by atoms with Gasteiger partial charge in [0, 0.05) is 25.7 Å². The first kappa shape index (κ1) is 17.7. The van der Waals surface area contributed by atoms with Gasteiger partial charge in [-0.1, -0.05) is 36.8 Å². The van der Waals surface area contributed by atoms with Gasteiger partial charge in [0.1, 0.15) is 11.5 Å². The largest absolute Gasteiger partial charge is 0.389 e. The summed E-state index contributed by atoms with van der Waals surface area (Å²) in [4.78, 5) is 19.3. The molecule has 0 saturated heterocycles. The van der Waals surface area contributed by atoms with E-state index < -0.39 is 5.60 Å². The van der Waals surface area contributed by atoms with Crippen molar-refractivity contribution < 1.29 is 9.90 Å². The standard InChI is InChI=1S/C20H27N3O2/c1-20(2,25)14-22(3)19(24)17-16-12-8-5-9-13-23(16)18(21-17)15-10-6-4-7-11-15/h4,6-7,10-11,25H,5,8-9,12-14H2,1-3H3. The second kappa shape index (κ2) is 7.00. The molecule has 1 N–H and O–H groups in total. The molecule has 1 aliphatic rings. The summed E-state index contributed by atoms with van der Waals surface area (Å²) in [6.45, 7) is 4.59. The van der Waals surface area contributed by atoms with Gasteiger partial charge in [-0.05, 0) is 33.1 Å². The van der Waals surface area contributed by atoms with Gasteiger partial charge >= 0.3 is 0 Å². The number of likely N-dealkylation sites (N-methyl/N-ethyl adjacent to an activating group) is 1. The number of carbonyl (C=O) groups excluding carboxylic acids is 1. The van der Waals surface area contributed by atoms with Crippen molar-refractivity contribution in [1.82, 2.24) is 14.5 Å². The van der Waals surface area contributed by atoms with Crippen molar-refractivity contribution >= 4 is 5.91 Å². The fourth-order valence-corrected chi connectivity index (χ4v) is 3.53. The number of hydrogen-bond donors (Lipinski definition) is 1. The molecule has 134 valence electrons. The van der Waals surface area contributed by atoms with E-state index in [4.69, 9.17) is 4.98 Å². The number of nitrogens with zero attached hydrogens (tertiary/aromatic N) is 3.